The molecule has 0 aromatic heterocycles. The van der Waals surface area contributed by atoms with Crippen molar-refractivity contribution in [1.82, 2.24) is 10.2 Å². The lowest BCUT2D eigenvalue weighted by molar-refractivity contribution is -0.136. The van der Waals surface area contributed by atoms with Crippen LogP contribution >= 0.6 is 0 Å². The third kappa shape index (κ3) is 1.76. The van der Waals surface area contributed by atoms with E-state index in [4.69, 9.17) is 5.73 Å². The van der Waals surface area contributed by atoms with Gasteiger partial charge in [0.25, 0.3) is 5.91 Å². The van der Waals surface area contributed by atoms with Gasteiger partial charge in [-0.1, -0.05) is 12.1 Å². The predicted molar refractivity (Wildman–Crippen MR) is 66.9 cm³/mol. The maximum atomic E-state index is 12.3. The zero-order chi connectivity index (χ0) is 13.6. The van der Waals surface area contributed by atoms with E-state index in [9.17, 15) is 14.4 Å². The van der Waals surface area contributed by atoms with E-state index in [0.29, 0.717) is 24.2 Å². The zero-order valence-electron chi connectivity index (χ0n) is 10.2. The zero-order valence-corrected chi connectivity index (χ0v) is 10.2. The molecule has 6 heteroatoms. The van der Waals surface area contributed by atoms with E-state index in [1.807, 2.05) is 6.07 Å². The summed E-state index contributed by atoms with van der Waals surface area (Å²) in [6.45, 7) is 0.367. The van der Waals surface area contributed by atoms with Gasteiger partial charge in [-0.2, -0.15) is 0 Å². The molecule has 98 valence electrons. The Kier molecular flexibility index (Phi) is 2.51. The van der Waals surface area contributed by atoms with Gasteiger partial charge < -0.3 is 10.6 Å². The Bertz CT molecular complexity index is 597. The smallest absolute Gasteiger partial charge is 0.257 e. The molecule has 1 saturated heterocycles. The highest BCUT2D eigenvalue weighted by Crippen LogP contribution is 2.30. The summed E-state index contributed by atoms with van der Waals surface area (Å²) in [5.41, 5.74) is 7.54. The van der Waals surface area contributed by atoms with E-state index in [0.717, 1.165) is 5.56 Å². The number of fused-ring (bicyclic) bond motifs is 1. The first kappa shape index (κ1) is 11.7. The van der Waals surface area contributed by atoms with Gasteiger partial charge in [-0.15, -0.1) is 0 Å². The highest BCUT2D eigenvalue weighted by Gasteiger charge is 2.39. The molecule has 1 fully saturated rings. The van der Waals surface area contributed by atoms with Gasteiger partial charge in [0.1, 0.15) is 6.04 Å². The molecule has 2 aliphatic rings. The number of nitrogens with two attached hydrogens (primary N) is 1. The Hall–Kier alpha value is -2.37. The topological polar surface area (TPSA) is 92.5 Å². The first-order valence-electron chi connectivity index (χ1n) is 6.10. The molecule has 2 aliphatic heterocycles. The van der Waals surface area contributed by atoms with Gasteiger partial charge in [0.15, 0.2) is 0 Å². The minimum Gasteiger partial charge on any atom is -0.398 e. The monoisotopic (exact) mass is 259 g/mol. The summed E-state index contributed by atoms with van der Waals surface area (Å²) >= 11 is 0. The fraction of sp³-hybridized carbons (Fsp3) is 0.308. The van der Waals surface area contributed by atoms with Crippen molar-refractivity contribution < 1.29 is 14.4 Å². The van der Waals surface area contributed by atoms with Gasteiger partial charge in [0.05, 0.1) is 5.56 Å². The van der Waals surface area contributed by atoms with Crippen molar-refractivity contribution in [3.8, 4) is 0 Å². The second-order valence-electron chi connectivity index (χ2n) is 4.78. The lowest BCUT2D eigenvalue weighted by atomic mass is 10.0. The van der Waals surface area contributed by atoms with Crippen molar-refractivity contribution in [3.63, 3.8) is 0 Å². The van der Waals surface area contributed by atoms with Crippen LogP contribution in [0.5, 0.6) is 0 Å². The van der Waals surface area contributed by atoms with E-state index in [-0.39, 0.29) is 18.2 Å². The van der Waals surface area contributed by atoms with Crippen molar-refractivity contribution in [1.29, 1.82) is 0 Å². The van der Waals surface area contributed by atoms with E-state index >= 15 is 0 Å². The molecule has 0 aliphatic carbocycles. The summed E-state index contributed by atoms with van der Waals surface area (Å²) < 4.78 is 0. The van der Waals surface area contributed by atoms with Crippen molar-refractivity contribution in [2.45, 2.75) is 25.4 Å². The molecule has 0 saturated carbocycles. The van der Waals surface area contributed by atoms with Crippen molar-refractivity contribution in [2.24, 2.45) is 0 Å². The molecular formula is C13H13N3O3. The maximum absolute atomic E-state index is 12.3. The fourth-order valence-electron chi connectivity index (χ4n) is 2.64. The van der Waals surface area contributed by atoms with E-state index < -0.39 is 11.9 Å². The molecular weight excluding hydrogens is 246 g/mol. The highest BCUT2D eigenvalue weighted by atomic mass is 16.2. The van der Waals surface area contributed by atoms with Crippen LogP contribution in [0.15, 0.2) is 18.2 Å². The Balaban J connectivity index is 1.90. The van der Waals surface area contributed by atoms with Crippen molar-refractivity contribution in [3.05, 3.63) is 29.3 Å². The summed E-state index contributed by atoms with van der Waals surface area (Å²) in [4.78, 5) is 36.8. The maximum Gasteiger partial charge on any atom is 0.257 e. The normalized spacial score (nSPS) is 22.4. The fourth-order valence-corrected chi connectivity index (χ4v) is 2.64. The van der Waals surface area contributed by atoms with Crippen LogP contribution in [-0.4, -0.2) is 28.7 Å². The number of nitrogens with one attached hydrogen (secondary N) is 1. The molecule has 0 bridgehead atoms. The summed E-state index contributed by atoms with van der Waals surface area (Å²) in [7, 11) is 0. The van der Waals surface area contributed by atoms with Crippen LogP contribution < -0.4 is 11.1 Å². The number of hydrogen-bond donors (Lipinski definition) is 2. The molecule has 0 radical (unpaired) electrons. The number of carbonyl (C=O) groups excluding carboxylic acids is 3. The van der Waals surface area contributed by atoms with E-state index in [1.165, 1.54) is 4.90 Å². The molecule has 1 aromatic carbocycles. The number of rotatable bonds is 1. The molecule has 1 atom stereocenters. The van der Waals surface area contributed by atoms with E-state index in [2.05, 4.69) is 5.32 Å². The quantitative estimate of drug-likeness (QED) is 0.549. The minimum absolute atomic E-state index is 0.234. The molecule has 2 heterocycles. The molecule has 0 unspecified atom stereocenters. The average Bonchev–Trinajstić information content (AvgIpc) is 2.68. The van der Waals surface area contributed by atoms with Gasteiger partial charge in [-0.05, 0) is 18.1 Å². The Morgan fingerprint density at radius 1 is 1.26 bits per heavy atom. The van der Waals surface area contributed by atoms with Crippen LogP contribution in [0.3, 0.4) is 0 Å². The molecule has 3 rings (SSSR count). The number of piperidine rings is 1. The third-order valence-electron chi connectivity index (χ3n) is 3.58. The number of hydrogen-bond acceptors (Lipinski definition) is 4. The van der Waals surface area contributed by atoms with Crippen LogP contribution in [0.1, 0.15) is 28.8 Å². The van der Waals surface area contributed by atoms with E-state index in [1.54, 1.807) is 12.1 Å². The largest absolute Gasteiger partial charge is 0.398 e. The number of nitrogens with zero attached hydrogens (tertiary/aromatic N) is 1. The number of benzene rings is 1. The molecule has 1 aromatic rings. The van der Waals surface area contributed by atoms with Gasteiger partial charge >= 0.3 is 0 Å². The van der Waals surface area contributed by atoms with Crippen LogP contribution in [0, 0.1) is 0 Å². The number of anilines is 1. The molecule has 3 amide bonds. The van der Waals surface area contributed by atoms with Crippen molar-refractivity contribution >= 4 is 23.4 Å². The Morgan fingerprint density at radius 3 is 2.74 bits per heavy atom. The summed E-state index contributed by atoms with van der Waals surface area (Å²) in [5, 5.41) is 2.27. The Morgan fingerprint density at radius 2 is 2.05 bits per heavy atom. The summed E-state index contributed by atoms with van der Waals surface area (Å²) in [6.07, 6.45) is 0.621. The molecule has 3 N–H and O–H groups in total. The van der Waals surface area contributed by atoms with Crippen LogP contribution in [0.4, 0.5) is 5.69 Å². The van der Waals surface area contributed by atoms with Gasteiger partial charge in [0, 0.05) is 18.7 Å². The summed E-state index contributed by atoms with van der Waals surface area (Å²) in [5.74, 6) is -0.927. The van der Waals surface area contributed by atoms with Gasteiger partial charge in [-0.25, -0.2) is 0 Å². The first-order valence-corrected chi connectivity index (χ1v) is 6.10. The second-order valence-corrected chi connectivity index (χ2v) is 4.78. The van der Waals surface area contributed by atoms with Crippen LogP contribution in [0.25, 0.3) is 0 Å². The highest BCUT2D eigenvalue weighted by molar-refractivity contribution is 6.07. The second kappa shape index (κ2) is 4.08. The SMILES string of the molecule is Nc1cccc2c1C(=O)N([C@@H]1CCC(=O)NC1=O)C2. The molecule has 0 spiro atoms. The third-order valence-corrected chi connectivity index (χ3v) is 3.58. The van der Waals surface area contributed by atoms with Crippen LogP contribution in [0.2, 0.25) is 0 Å². The summed E-state index contributed by atoms with van der Waals surface area (Å²) in [6, 6.07) is 4.70. The minimum atomic E-state index is -0.586. The van der Waals surface area contributed by atoms with Crippen molar-refractivity contribution in [2.75, 3.05) is 5.73 Å². The lowest BCUT2D eigenvalue weighted by Crippen LogP contribution is -2.52. The first-order chi connectivity index (χ1) is 9.08. The predicted octanol–water partition coefficient (Wildman–Crippen LogP) is 0.0298. The Labute approximate surface area is 109 Å². The number of nitrogen functional groups attached to an aromatic ring is 1. The number of imide groups is 1. The number of amides is 3. The molecule has 19 heavy (non-hydrogen) atoms. The average molecular weight is 259 g/mol. The molecule has 6 nitrogen and oxygen atoms in total. The van der Waals surface area contributed by atoms with Crippen LogP contribution in [-0.2, 0) is 16.1 Å². The number of carbonyl (C=O) groups is 3. The van der Waals surface area contributed by atoms with Gasteiger partial charge in [0.2, 0.25) is 11.8 Å². The van der Waals surface area contributed by atoms with Gasteiger partial charge in [-0.3, -0.25) is 19.7 Å². The standard InChI is InChI=1S/C13H13N3O3/c14-8-3-1-2-7-6-16(13(19)11(7)8)9-4-5-10(17)15-12(9)18/h1-3,9H,4-6,14H2,(H,15,17,18)/t9-/m1/s1. The lowest BCUT2D eigenvalue weighted by Gasteiger charge is -2.29.